The summed E-state index contributed by atoms with van der Waals surface area (Å²) in [5, 5.41) is 7.81. The van der Waals surface area contributed by atoms with Crippen molar-refractivity contribution in [2.75, 3.05) is 0 Å². The lowest BCUT2D eigenvalue weighted by Crippen LogP contribution is -2.50. The van der Waals surface area contributed by atoms with Crippen LogP contribution in [-0.2, 0) is 0 Å². The Bertz CT molecular complexity index is 379. The van der Waals surface area contributed by atoms with E-state index in [1.165, 1.54) is 44.9 Å². The van der Waals surface area contributed by atoms with Gasteiger partial charge in [0.15, 0.2) is 0 Å². The quantitative estimate of drug-likeness (QED) is 0.851. The summed E-state index contributed by atoms with van der Waals surface area (Å²) < 4.78 is 5.34. The van der Waals surface area contributed by atoms with Crippen molar-refractivity contribution in [1.29, 1.82) is 0 Å². The minimum atomic E-state index is -0.0431. The second-order valence-electron chi connectivity index (χ2n) is 6.53. The Balaban J connectivity index is 1.68. The zero-order valence-electron chi connectivity index (χ0n) is 10.0. The second kappa shape index (κ2) is 3.31. The molecular formula is C13H19N3O. The lowest BCUT2D eigenvalue weighted by Gasteiger charge is -2.58. The first kappa shape index (κ1) is 10.1. The van der Waals surface area contributed by atoms with Crippen molar-refractivity contribution in [3.05, 3.63) is 12.3 Å². The molecule has 2 N–H and O–H groups in total. The Morgan fingerprint density at radius 2 is 1.76 bits per heavy atom. The molecule has 0 radical (unpaired) electrons. The van der Waals surface area contributed by atoms with Crippen molar-refractivity contribution in [2.24, 2.45) is 28.9 Å². The minimum absolute atomic E-state index is 0.0431. The molecule has 0 aliphatic heterocycles. The van der Waals surface area contributed by atoms with Gasteiger partial charge in [0.1, 0.15) is 0 Å². The van der Waals surface area contributed by atoms with Crippen LogP contribution in [0.1, 0.15) is 50.5 Å². The Morgan fingerprint density at radius 3 is 2.24 bits per heavy atom. The largest absolute Gasteiger partial charge is 0.426 e. The third-order valence-corrected chi connectivity index (χ3v) is 5.39. The monoisotopic (exact) mass is 233 g/mol. The summed E-state index contributed by atoms with van der Waals surface area (Å²) in [6, 6.07) is -0.0431. The lowest BCUT2D eigenvalue weighted by atomic mass is 9.48. The topological polar surface area (TPSA) is 64.9 Å². The van der Waals surface area contributed by atoms with Gasteiger partial charge in [0.2, 0.25) is 12.3 Å². The number of aromatic nitrogens is 2. The highest BCUT2D eigenvalue weighted by molar-refractivity contribution is 5.08. The minimum Gasteiger partial charge on any atom is -0.426 e. The molecule has 0 saturated heterocycles. The molecule has 5 rings (SSSR count). The van der Waals surface area contributed by atoms with Crippen molar-refractivity contribution in [3.8, 4) is 0 Å². The molecule has 1 heterocycles. The number of nitrogens with two attached hydrogens (primary N) is 1. The average molecular weight is 233 g/mol. The summed E-state index contributed by atoms with van der Waals surface area (Å²) in [6.45, 7) is 0. The SMILES string of the molecule is NC(c1nnco1)C12CC3CC(CC(C3)C1)C2. The molecule has 4 nitrogen and oxygen atoms in total. The van der Waals surface area contributed by atoms with Crippen LogP contribution in [0.25, 0.3) is 0 Å². The molecular weight excluding hydrogens is 214 g/mol. The van der Waals surface area contributed by atoms with Crippen molar-refractivity contribution >= 4 is 0 Å². The van der Waals surface area contributed by atoms with Gasteiger partial charge in [0.25, 0.3) is 0 Å². The van der Waals surface area contributed by atoms with E-state index in [1.54, 1.807) is 0 Å². The smallest absolute Gasteiger partial charge is 0.233 e. The second-order valence-corrected chi connectivity index (χ2v) is 6.53. The highest BCUT2D eigenvalue weighted by Crippen LogP contribution is 2.63. The van der Waals surface area contributed by atoms with Gasteiger partial charge in [-0.05, 0) is 61.7 Å². The highest BCUT2D eigenvalue weighted by Gasteiger charge is 2.54. The molecule has 0 amide bonds. The van der Waals surface area contributed by atoms with Gasteiger partial charge in [0, 0.05) is 0 Å². The van der Waals surface area contributed by atoms with E-state index < -0.39 is 0 Å². The van der Waals surface area contributed by atoms with Gasteiger partial charge < -0.3 is 10.2 Å². The molecule has 4 heteroatoms. The van der Waals surface area contributed by atoms with Gasteiger partial charge in [-0.25, -0.2) is 0 Å². The summed E-state index contributed by atoms with van der Waals surface area (Å²) in [5.41, 5.74) is 6.71. The Kier molecular flexibility index (Phi) is 1.96. The molecule has 1 atom stereocenters. The third kappa shape index (κ3) is 1.39. The van der Waals surface area contributed by atoms with Crippen LogP contribution in [0.15, 0.2) is 10.8 Å². The molecule has 1 unspecified atom stereocenters. The van der Waals surface area contributed by atoms with E-state index in [0.29, 0.717) is 5.89 Å². The van der Waals surface area contributed by atoms with E-state index in [-0.39, 0.29) is 11.5 Å². The van der Waals surface area contributed by atoms with Crippen LogP contribution in [0.3, 0.4) is 0 Å². The summed E-state index contributed by atoms with van der Waals surface area (Å²) in [4.78, 5) is 0. The predicted octanol–water partition coefficient (Wildman–Crippen LogP) is 2.29. The maximum atomic E-state index is 6.44. The van der Waals surface area contributed by atoms with E-state index in [1.807, 2.05) is 0 Å². The molecule has 92 valence electrons. The van der Waals surface area contributed by atoms with Crippen LogP contribution in [0, 0.1) is 23.2 Å². The summed E-state index contributed by atoms with van der Waals surface area (Å²) >= 11 is 0. The maximum absolute atomic E-state index is 6.44. The molecule has 1 aromatic heterocycles. The standard InChI is InChI=1S/C13H19N3O/c14-11(12-16-15-7-17-12)13-4-8-1-9(5-13)3-10(2-8)6-13/h7-11H,1-6,14H2. The number of hydrogen-bond acceptors (Lipinski definition) is 4. The number of nitrogens with zero attached hydrogens (tertiary/aromatic N) is 2. The normalized spacial score (nSPS) is 45.1. The van der Waals surface area contributed by atoms with E-state index in [4.69, 9.17) is 10.2 Å². The summed E-state index contributed by atoms with van der Waals surface area (Å²) in [5.74, 6) is 3.38. The Morgan fingerprint density at radius 1 is 1.18 bits per heavy atom. The first-order valence-corrected chi connectivity index (χ1v) is 6.77. The highest BCUT2D eigenvalue weighted by atomic mass is 16.4. The molecule has 4 aliphatic rings. The van der Waals surface area contributed by atoms with Crippen molar-refractivity contribution < 1.29 is 4.42 Å². The van der Waals surface area contributed by atoms with E-state index >= 15 is 0 Å². The first-order valence-electron chi connectivity index (χ1n) is 6.77. The van der Waals surface area contributed by atoms with E-state index in [2.05, 4.69) is 10.2 Å². The van der Waals surface area contributed by atoms with Crippen LogP contribution in [0.2, 0.25) is 0 Å². The Hall–Kier alpha value is -0.900. The Labute approximate surface area is 101 Å². The van der Waals surface area contributed by atoms with Gasteiger partial charge in [-0.3, -0.25) is 0 Å². The van der Waals surface area contributed by atoms with Gasteiger partial charge in [-0.15, -0.1) is 10.2 Å². The van der Waals surface area contributed by atoms with Crippen LogP contribution < -0.4 is 5.73 Å². The zero-order chi connectivity index (χ0) is 11.5. The zero-order valence-corrected chi connectivity index (χ0v) is 10.0. The van der Waals surface area contributed by atoms with Crippen molar-refractivity contribution in [2.45, 2.75) is 44.6 Å². The summed E-state index contributed by atoms with van der Waals surface area (Å²) in [7, 11) is 0. The summed E-state index contributed by atoms with van der Waals surface area (Å²) in [6.07, 6.45) is 9.56. The van der Waals surface area contributed by atoms with Crippen molar-refractivity contribution in [3.63, 3.8) is 0 Å². The fraction of sp³-hybridized carbons (Fsp3) is 0.846. The van der Waals surface area contributed by atoms with E-state index in [9.17, 15) is 0 Å². The van der Waals surface area contributed by atoms with Crippen LogP contribution >= 0.6 is 0 Å². The number of rotatable bonds is 2. The molecule has 4 bridgehead atoms. The molecule has 4 aliphatic carbocycles. The molecule has 4 saturated carbocycles. The fourth-order valence-corrected chi connectivity index (χ4v) is 5.14. The first-order chi connectivity index (χ1) is 8.25. The van der Waals surface area contributed by atoms with Gasteiger partial charge in [-0.1, -0.05) is 0 Å². The molecule has 1 aromatic rings. The lowest BCUT2D eigenvalue weighted by molar-refractivity contribution is -0.0718. The number of hydrogen-bond donors (Lipinski definition) is 1. The van der Waals surface area contributed by atoms with Gasteiger partial charge >= 0.3 is 0 Å². The van der Waals surface area contributed by atoms with Crippen LogP contribution in [0.5, 0.6) is 0 Å². The maximum Gasteiger partial charge on any atom is 0.233 e. The fourth-order valence-electron chi connectivity index (χ4n) is 5.14. The van der Waals surface area contributed by atoms with Crippen LogP contribution in [-0.4, -0.2) is 10.2 Å². The molecule has 17 heavy (non-hydrogen) atoms. The van der Waals surface area contributed by atoms with Crippen LogP contribution in [0.4, 0.5) is 0 Å². The third-order valence-electron chi connectivity index (χ3n) is 5.39. The molecule has 0 spiro atoms. The molecule has 0 aromatic carbocycles. The van der Waals surface area contributed by atoms with Gasteiger partial charge in [0.05, 0.1) is 6.04 Å². The van der Waals surface area contributed by atoms with E-state index in [0.717, 1.165) is 17.8 Å². The molecule has 4 fully saturated rings. The van der Waals surface area contributed by atoms with Gasteiger partial charge in [-0.2, -0.15) is 0 Å². The van der Waals surface area contributed by atoms with Crippen molar-refractivity contribution in [1.82, 2.24) is 10.2 Å². The predicted molar refractivity (Wildman–Crippen MR) is 61.8 cm³/mol. The average Bonchev–Trinajstić information content (AvgIpc) is 2.79.